The summed E-state index contributed by atoms with van der Waals surface area (Å²) in [4.78, 5) is 55.5. The zero-order valence-corrected chi connectivity index (χ0v) is 21.2. The highest BCUT2D eigenvalue weighted by atomic mass is 16.6. The van der Waals surface area contributed by atoms with Crippen LogP contribution < -0.4 is 4.90 Å². The number of aromatic nitrogens is 4. The molecule has 35 heavy (non-hydrogen) atoms. The lowest BCUT2D eigenvalue weighted by molar-refractivity contribution is -0.0667. The molecule has 11 nitrogen and oxygen atoms in total. The minimum Gasteiger partial charge on any atom is -0.443 e. The predicted octanol–water partition coefficient (Wildman–Crippen LogP) is 4.63. The molecule has 190 valence electrons. The Morgan fingerprint density at radius 3 is 2.26 bits per heavy atom. The van der Waals surface area contributed by atoms with E-state index in [-0.39, 0.29) is 41.2 Å². The van der Waals surface area contributed by atoms with Crippen LogP contribution in [0.3, 0.4) is 0 Å². The first-order valence-electron chi connectivity index (χ1n) is 11.7. The van der Waals surface area contributed by atoms with E-state index >= 15 is 0 Å². The zero-order chi connectivity index (χ0) is 25.8. The van der Waals surface area contributed by atoms with E-state index in [1.807, 2.05) is 0 Å². The lowest BCUT2D eigenvalue weighted by Crippen LogP contribution is -2.46. The minimum absolute atomic E-state index is 0.0146. The summed E-state index contributed by atoms with van der Waals surface area (Å²) in [5, 5.41) is 0. The summed E-state index contributed by atoms with van der Waals surface area (Å²) in [5.41, 5.74) is -1.84. The molecule has 2 aromatic rings. The Kier molecular flexibility index (Phi) is 7.99. The van der Waals surface area contributed by atoms with E-state index in [0.717, 1.165) is 32.0 Å². The number of Topliss-reactive ketones (excluding diaryl/α,β-unsaturated/α-hetero) is 1. The van der Waals surface area contributed by atoms with Gasteiger partial charge in [0.05, 0.1) is 18.9 Å². The van der Waals surface area contributed by atoms with Crippen LogP contribution in [0.4, 0.5) is 15.4 Å². The third-order valence-corrected chi connectivity index (χ3v) is 5.24. The summed E-state index contributed by atoms with van der Waals surface area (Å²) >= 11 is 0. The molecule has 0 spiro atoms. The van der Waals surface area contributed by atoms with E-state index in [0.29, 0.717) is 4.90 Å². The molecule has 0 aromatic carbocycles. The van der Waals surface area contributed by atoms with Crippen molar-refractivity contribution in [3.63, 3.8) is 0 Å². The van der Waals surface area contributed by atoms with Gasteiger partial charge in [0.2, 0.25) is 0 Å². The molecule has 1 saturated carbocycles. The van der Waals surface area contributed by atoms with E-state index in [2.05, 4.69) is 19.9 Å². The van der Waals surface area contributed by atoms with Crippen LogP contribution in [0.25, 0.3) is 11.2 Å². The Labute approximate surface area is 204 Å². The van der Waals surface area contributed by atoms with Gasteiger partial charge in [-0.2, -0.15) is 4.90 Å². The van der Waals surface area contributed by atoms with Crippen molar-refractivity contribution in [3.05, 3.63) is 18.2 Å². The number of carbonyl (C=O) groups excluding carboxylic acids is 3. The van der Waals surface area contributed by atoms with Crippen LogP contribution in [0.15, 0.2) is 12.5 Å². The molecule has 0 bridgehead atoms. The van der Waals surface area contributed by atoms with Crippen molar-refractivity contribution in [2.24, 2.45) is 0 Å². The van der Waals surface area contributed by atoms with Gasteiger partial charge < -0.3 is 14.2 Å². The fraction of sp³-hybridized carbons (Fsp3) is 0.625. The smallest absolute Gasteiger partial charge is 0.425 e. The molecule has 3 rings (SSSR count). The van der Waals surface area contributed by atoms with Gasteiger partial charge in [0.1, 0.15) is 23.2 Å². The fourth-order valence-electron chi connectivity index (χ4n) is 3.58. The molecular weight excluding hydrogens is 454 g/mol. The van der Waals surface area contributed by atoms with Gasteiger partial charge in [0, 0.05) is 6.92 Å². The second kappa shape index (κ2) is 10.6. The van der Waals surface area contributed by atoms with Crippen LogP contribution in [0.1, 0.15) is 84.1 Å². The van der Waals surface area contributed by atoms with Crippen molar-refractivity contribution in [2.75, 3.05) is 11.5 Å². The lowest BCUT2D eigenvalue weighted by Gasteiger charge is -2.31. The standard InChI is InChI=1S/C24H33N5O6/c1-15(30)17-12-25-19-18(28-17)20(27-14-26-19)29(21(31)34-23(2,3)4)22(32)35-24(5,6)13-33-16-10-8-7-9-11-16/h12,14,16H,7-11,13H2,1-6H3. The highest BCUT2D eigenvalue weighted by Gasteiger charge is 2.37. The SMILES string of the molecule is CC(=O)c1cnc2ncnc(N(C(=O)OC(C)(C)C)C(=O)OC(C)(C)COC3CCCCC3)c2n1. The molecule has 1 aliphatic rings. The van der Waals surface area contributed by atoms with E-state index in [9.17, 15) is 14.4 Å². The average molecular weight is 488 g/mol. The first kappa shape index (κ1) is 26.4. The first-order chi connectivity index (χ1) is 16.4. The van der Waals surface area contributed by atoms with Crippen LogP contribution in [-0.4, -0.2) is 61.8 Å². The van der Waals surface area contributed by atoms with E-state index < -0.39 is 23.4 Å². The number of anilines is 1. The van der Waals surface area contributed by atoms with Crippen LogP contribution in [0.5, 0.6) is 0 Å². The van der Waals surface area contributed by atoms with Gasteiger partial charge in [-0.05, 0) is 47.5 Å². The number of imide groups is 1. The topological polar surface area (TPSA) is 134 Å². The quantitative estimate of drug-likeness (QED) is 0.531. The molecule has 11 heteroatoms. The maximum Gasteiger partial charge on any atom is 0.425 e. The highest BCUT2D eigenvalue weighted by Crippen LogP contribution is 2.26. The number of hydrogen-bond donors (Lipinski definition) is 0. The zero-order valence-electron chi connectivity index (χ0n) is 21.2. The third kappa shape index (κ3) is 7.14. The number of hydrogen-bond acceptors (Lipinski definition) is 10. The second-order valence-electron chi connectivity index (χ2n) is 10.2. The number of nitrogens with zero attached hydrogens (tertiary/aromatic N) is 5. The van der Waals surface area contributed by atoms with E-state index in [1.165, 1.54) is 19.5 Å². The Balaban J connectivity index is 1.92. The molecule has 0 N–H and O–H groups in total. The molecule has 2 heterocycles. The van der Waals surface area contributed by atoms with E-state index in [4.69, 9.17) is 14.2 Å². The highest BCUT2D eigenvalue weighted by molar-refractivity contribution is 6.12. The normalized spacial score (nSPS) is 15.0. The van der Waals surface area contributed by atoms with Crippen LogP contribution in [0.2, 0.25) is 0 Å². The second-order valence-corrected chi connectivity index (χ2v) is 10.2. The molecule has 0 atom stereocenters. The molecule has 0 aliphatic heterocycles. The Bertz CT molecular complexity index is 1090. The van der Waals surface area contributed by atoms with Gasteiger partial charge in [-0.1, -0.05) is 19.3 Å². The third-order valence-electron chi connectivity index (χ3n) is 5.24. The molecule has 1 aliphatic carbocycles. The molecule has 2 aromatic heterocycles. The molecule has 0 radical (unpaired) electrons. The Morgan fingerprint density at radius 2 is 1.63 bits per heavy atom. The van der Waals surface area contributed by atoms with Crippen LogP contribution in [-0.2, 0) is 14.2 Å². The van der Waals surface area contributed by atoms with Crippen LogP contribution >= 0.6 is 0 Å². The van der Waals surface area contributed by atoms with E-state index in [1.54, 1.807) is 34.6 Å². The molecule has 2 amide bonds. The van der Waals surface area contributed by atoms with Gasteiger partial charge in [-0.3, -0.25) is 4.79 Å². The van der Waals surface area contributed by atoms with Crippen LogP contribution in [0, 0.1) is 0 Å². The van der Waals surface area contributed by atoms with Crippen molar-refractivity contribution in [1.29, 1.82) is 0 Å². The number of fused-ring (bicyclic) bond motifs is 1. The molecule has 0 unspecified atom stereocenters. The number of rotatable bonds is 6. The summed E-state index contributed by atoms with van der Waals surface area (Å²) in [5.74, 6) is -0.546. The van der Waals surface area contributed by atoms with Gasteiger partial charge >= 0.3 is 12.2 Å². The maximum atomic E-state index is 13.4. The Morgan fingerprint density at radius 1 is 0.971 bits per heavy atom. The van der Waals surface area contributed by atoms with Gasteiger partial charge in [0.15, 0.2) is 22.8 Å². The largest absolute Gasteiger partial charge is 0.443 e. The Hall–Kier alpha value is -3.21. The van der Waals surface area contributed by atoms with Crippen molar-refractivity contribution >= 4 is 35.0 Å². The van der Waals surface area contributed by atoms with Crippen molar-refractivity contribution in [1.82, 2.24) is 19.9 Å². The number of ketones is 1. The van der Waals surface area contributed by atoms with Gasteiger partial charge in [0.25, 0.3) is 0 Å². The lowest BCUT2D eigenvalue weighted by atomic mass is 9.97. The average Bonchev–Trinajstić information content (AvgIpc) is 2.77. The molecule has 1 fully saturated rings. The van der Waals surface area contributed by atoms with Crippen molar-refractivity contribution in [3.8, 4) is 0 Å². The van der Waals surface area contributed by atoms with Gasteiger partial charge in [-0.15, -0.1) is 0 Å². The fourth-order valence-corrected chi connectivity index (χ4v) is 3.58. The monoisotopic (exact) mass is 487 g/mol. The van der Waals surface area contributed by atoms with Crippen molar-refractivity contribution in [2.45, 2.75) is 91.0 Å². The molecular formula is C24H33N5O6. The van der Waals surface area contributed by atoms with Gasteiger partial charge in [-0.25, -0.2) is 29.5 Å². The van der Waals surface area contributed by atoms with Crippen molar-refractivity contribution < 1.29 is 28.6 Å². The summed E-state index contributed by atoms with van der Waals surface area (Å²) in [6.07, 6.45) is 5.86. The first-order valence-corrected chi connectivity index (χ1v) is 11.7. The summed E-state index contributed by atoms with van der Waals surface area (Å²) in [7, 11) is 0. The maximum absolute atomic E-state index is 13.4. The minimum atomic E-state index is -1.05. The summed E-state index contributed by atoms with van der Waals surface area (Å²) in [6.45, 7) is 9.89. The predicted molar refractivity (Wildman–Crippen MR) is 127 cm³/mol. The summed E-state index contributed by atoms with van der Waals surface area (Å²) in [6, 6.07) is 0. The number of amides is 2. The summed E-state index contributed by atoms with van der Waals surface area (Å²) < 4.78 is 17.1. The number of carbonyl (C=O) groups is 3. The molecule has 0 saturated heterocycles. The number of ether oxygens (including phenoxy) is 3.